The van der Waals surface area contributed by atoms with E-state index in [0.29, 0.717) is 0 Å². The minimum Gasteiger partial charge on any atom is -0.779 e. The minimum absolute atomic E-state index is 0. The van der Waals surface area contributed by atoms with Gasteiger partial charge in [0.05, 0.1) is 0 Å². The van der Waals surface area contributed by atoms with E-state index in [4.69, 9.17) is 50.5 Å². The van der Waals surface area contributed by atoms with E-state index in [9.17, 15) is 0 Å². The summed E-state index contributed by atoms with van der Waals surface area (Å²) >= 11 is 20.8. The molecule has 0 aliphatic carbocycles. The molecule has 8 heteroatoms. The van der Waals surface area contributed by atoms with Gasteiger partial charge >= 0.3 is 75.4 Å². The molecular formula is C10H4Li4S4. The van der Waals surface area contributed by atoms with Crippen molar-refractivity contribution in [3.63, 3.8) is 0 Å². The molecule has 2 aromatic rings. The summed E-state index contributed by atoms with van der Waals surface area (Å²) in [7, 11) is 0. The first-order chi connectivity index (χ1) is 6.61. The predicted molar refractivity (Wildman–Crippen MR) is 66.5 cm³/mol. The van der Waals surface area contributed by atoms with E-state index in [1.54, 1.807) is 0 Å². The Hall–Kier alpha value is 1.97. The molecule has 0 aliphatic heterocycles. The van der Waals surface area contributed by atoms with Crippen LogP contribution >= 0.6 is 0 Å². The summed E-state index contributed by atoms with van der Waals surface area (Å²) in [5.74, 6) is 0. The van der Waals surface area contributed by atoms with Crippen LogP contribution in [-0.2, 0) is 50.5 Å². The second-order valence-electron chi connectivity index (χ2n) is 2.87. The normalized spacial score (nSPS) is 8.22. The molecule has 18 heavy (non-hydrogen) atoms. The Balaban J connectivity index is -0.000000562. The third-order valence-electron chi connectivity index (χ3n) is 2.01. The van der Waals surface area contributed by atoms with Crippen LogP contribution in [-0.4, -0.2) is 0 Å². The summed E-state index contributed by atoms with van der Waals surface area (Å²) in [6, 6.07) is 7.24. The maximum Gasteiger partial charge on any atom is 1.00 e. The SMILES string of the molecule is [Li+].[Li+].[Li+].[Li+].[S-]c1ccc([S-])c2c([S-])ccc([S-])c12. The van der Waals surface area contributed by atoms with Gasteiger partial charge in [0, 0.05) is 0 Å². The van der Waals surface area contributed by atoms with Crippen LogP contribution in [0, 0.1) is 0 Å². The molecule has 0 nitrogen and oxygen atoms in total. The Morgan fingerprint density at radius 3 is 0.778 bits per heavy atom. The van der Waals surface area contributed by atoms with Crippen molar-refractivity contribution >= 4 is 61.3 Å². The molecule has 0 saturated carbocycles. The van der Waals surface area contributed by atoms with Gasteiger partial charge in [0.15, 0.2) is 0 Å². The molecule has 0 spiro atoms. The fourth-order valence-corrected chi connectivity index (χ4v) is 2.62. The Labute approximate surface area is 178 Å². The first kappa shape index (κ1) is 25.0. The van der Waals surface area contributed by atoms with E-state index >= 15 is 0 Å². The maximum atomic E-state index is 5.20. The monoisotopic (exact) mass is 280 g/mol. The Morgan fingerprint density at radius 2 is 0.611 bits per heavy atom. The Kier molecular flexibility index (Phi) is 14.8. The maximum absolute atomic E-state index is 5.20. The van der Waals surface area contributed by atoms with Crippen LogP contribution in [0.5, 0.6) is 0 Å². The fourth-order valence-electron chi connectivity index (χ4n) is 1.37. The second kappa shape index (κ2) is 10.7. The molecule has 0 aliphatic rings. The largest absolute Gasteiger partial charge is 1.00 e. The first-order valence-electron chi connectivity index (χ1n) is 3.89. The van der Waals surface area contributed by atoms with E-state index in [0.717, 1.165) is 30.4 Å². The molecule has 0 radical (unpaired) electrons. The van der Waals surface area contributed by atoms with Gasteiger partial charge in [-0.2, -0.15) is 19.6 Å². The predicted octanol–water partition coefficient (Wildman–Crippen LogP) is -9.52. The van der Waals surface area contributed by atoms with Crippen molar-refractivity contribution in [2.75, 3.05) is 0 Å². The molecular weight excluding hydrogens is 276 g/mol. The number of hydrogen-bond acceptors (Lipinski definition) is 4. The van der Waals surface area contributed by atoms with Crippen LogP contribution < -0.4 is 75.4 Å². The molecule has 0 N–H and O–H groups in total. The molecule has 0 saturated heterocycles. The summed E-state index contributed by atoms with van der Waals surface area (Å²) in [5, 5.41) is 1.71. The fraction of sp³-hybridized carbons (Fsp3) is 0. The van der Waals surface area contributed by atoms with Crippen LogP contribution in [0.25, 0.3) is 10.8 Å². The van der Waals surface area contributed by atoms with E-state index < -0.39 is 0 Å². The third kappa shape index (κ3) is 5.06. The first-order valence-corrected chi connectivity index (χ1v) is 5.52. The van der Waals surface area contributed by atoms with Gasteiger partial charge in [-0.25, -0.2) is 0 Å². The van der Waals surface area contributed by atoms with Crippen molar-refractivity contribution in [3.8, 4) is 0 Å². The average Bonchev–Trinajstić information content (AvgIpc) is 2.16. The van der Waals surface area contributed by atoms with Gasteiger partial charge < -0.3 is 50.5 Å². The van der Waals surface area contributed by atoms with Gasteiger partial charge in [0.25, 0.3) is 0 Å². The molecule has 2 aromatic carbocycles. The van der Waals surface area contributed by atoms with Gasteiger partial charge in [0.2, 0.25) is 0 Å². The number of benzene rings is 2. The minimum atomic E-state index is 0. The summed E-state index contributed by atoms with van der Waals surface area (Å²) < 4.78 is 0. The van der Waals surface area contributed by atoms with E-state index in [-0.39, 0.29) is 75.4 Å². The van der Waals surface area contributed by atoms with E-state index in [2.05, 4.69) is 0 Å². The standard InChI is InChI=1S/C10H8S4.4Li/c11-5-1-2-6(12)10-8(14)4-3-7(13)9(5)10;;;;/h1-4,11-14H;;;;/q;4*+1/p-4. The van der Waals surface area contributed by atoms with E-state index in [1.165, 1.54) is 0 Å². The van der Waals surface area contributed by atoms with Gasteiger partial charge in [-0.3, -0.25) is 0 Å². The molecule has 0 heterocycles. The molecule has 0 bridgehead atoms. The third-order valence-corrected chi connectivity index (χ3v) is 3.37. The smallest absolute Gasteiger partial charge is 0.779 e. The van der Waals surface area contributed by atoms with Gasteiger partial charge in [-0.1, -0.05) is 35.0 Å². The van der Waals surface area contributed by atoms with Crippen LogP contribution in [0.3, 0.4) is 0 Å². The molecule has 72 valence electrons. The quantitative estimate of drug-likeness (QED) is 0.347. The van der Waals surface area contributed by atoms with Crippen LogP contribution in [0.15, 0.2) is 43.8 Å². The molecule has 0 aromatic heterocycles. The number of fused-ring (bicyclic) bond motifs is 1. The van der Waals surface area contributed by atoms with Gasteiger partial charge in [-0.15, -0.1) is 0 Å². The van der Waals surface area contributed by atoms with Gasteiger partial charge in [0.1, 0.15) is 0 Å². The molecule has 0 amide bonds. The summed E-state index contributed by atoms with van der Waals surface area (Å²) in [4.78, 5) is 2.91. The zero-order valence-electron chi connectivity index (χ0n) is 10.9. The Bertz CT molecular complexity index is 429. The van der Waals surface area contributed by atoms with Crippen molar-refractivity contribution < 1.29 is 75.4 Å². The average molecular weight is 280 g/mol. The summed E-state index contributed by atoms with van der Waals surface area (Å²) in [6.45, 7) is 0. The van der Waals surface area contributed by atoms with Crippen molar-refractivity contribution in [1.29, 1.82) is 0 Å². The van der Waals surface area contributed by atoms with Crippen molar-refractivity contribution in [2.24, 2.45) is 0 Å². The Morgan fingerprint density at radius 1 is 0.444 bits per heavy atom. The van der Waals surface area contributed by atoms with Crippen LogP contribution in [0.2, 0.25) is 0 Å². The van der Waals surface area contributed by atoms with E-state index in [1.807, 2.05) is 24.3 Å². The van der Waals surface area contributed by atoms with Crippen LogP contribution in [0.1, 0.15) is 0 Å². The molecule has 0 atom stereocenters. The molecule has 0 fully saturated rings. The number of rotatable bonds is 0. The van der Waals surface area contributed by atoms with Crippen LogP contribution in [0.4, 0.5) is 0 Å². The van der Waals surface area contributed by atoms with Gasteiger partial charge in [-0.05, 0) is 0 Å². The second-order valence-corrected chi connectivity index (χ2v) is 4.63. The number of hydrogen-bond donors (Lipinski definition) is 0. The zero-order valence-corrected chi connectivity index (χ0v) is 14.2. The van der Waals surface area contributed by atoms with Crippen molar-refractivity contribution in [2.45, 2.75) is 19.6 Å². The molecule has 2 rings (SSSR count). The summed E-state index contributed by atoms with van der Waals surface area (Å²) in [5.41, 5.74) is 0. The summed E-state index contributed by atoms with van der Waals surface area (Å²) in [6.07, 6.45) is 0. The zero-order chi connectivity index (χ0) is 10.3. The van der Waals surface area contributed by atoms with Crippen molar-refractivity contribution in [1.82, 2.24) is 0 Å². The molecule has 0 unspecified atom stereocenters. The topological polar surface area (TPSA) is 0 Å². The van der Waals surface area contributed by atoms with Crippen molar-refractivity contribution in [3.05, 3.63) is 24.3 Å².